The van der Waals surface area contributed by atoms with E-state index >= 15 is 0 Å². The summed E-state index contributed by atoms with van der Waals surface area (Å²) in [5.74, 6) is -0.522. The number of carbonyl (C=O) groups excluding carboxylic acids is 1. The third-order valence-corrected chi connectivity index (χ3v) is 4.20. The number of piperidine rings is 1. The maximum Gasteiger partial charge on any atom is 0.433 e. The number of carbonyl (C=O) groups is 1. The Hall–Kier alpha value is -2.36. The standard InChI is InChI=1S/C14H14ClF3N6O/c15-11-6-9(12(19)25)13(22-21-11)23-5-1-2-8(7-23)24-10(3-4-20-24)14(16,17)18/h3-4,6,8H,1-2,5,7H2,(H2,19,25)/t8-/m1/s1. The van der Waals surface area contributed by atoms with Gasteiger partial charge in [0.1, 0.15) is 5.69 Å². The molecule has 7 nitrogen and oxygen atoms in total. The highest BCUT2D eigenvalue weighted by Crippen LogP contribution is 2.34. The zero-order valence-electron chi connectivity index (χ0n) is 12.9. The summed E-state index contributed by atoms with van der Waals surface area (Å²) in [5, 5.41) is 11.4. The maximum atomic E-state index is 13.1. The van der Waals surface area contributed by atoms with Crippen LogP contribution in [0.2, 0.25) is 5.15 Å². The van der Waals surface area contributed by atoms with Gasteiger partial charge in [0.15, 0.2) is 11.0 Å². The van der Waals surface area contributed by atoms with Crippen LogP contribution in [0.25, 0.3) is 0 Å². The predicted molar refractivity (Wildman–Crippen MR) is 83.3 cm³/mol. The van der Waals surface area contributed by atoms with Crippen LogP contribution < -0.4 is 10.6 Å². The second-order valence-corrected chi connectivity index (χ2v) is 6.06. The molecule has 1 saturated heterocycles. The summed E-state index contributed by atoms with van der Waals surface area (Å²) in [6.07, 6.45) is -2.24. The normalized spacial score (nSPS) is 18.4. The average molecular weight is 375 g/mol. The summed E-state index contributed by atoms with van der Waals surface area (Å²) in [5.41, 5.74) is 4.61. The molecule has 0 unspecified atom stereocenters. The molecule has 3 rings (SSSR count). The van der Waals surface area contributed by atoms with E-state index in [2.05, 4.69) is 15.3 Å². The van der Waals surface area contributed by atoms with E-state index in [4.69, 9.17) is 17.3 Å². The van der Waals surface area contributed by atoms with Gasteiger partial charge in [-0.25, -0.2) is 0 Å². The number of primary amides is 1. The topological polar surface area (TPSA) is 89.9 Å². The SMILES string of the molecule is NC(=O)c1cc(Cl)nnc1N1CCC[C@@H](n2nccc2C(F)(F)F)C1. The number of nitrogens with zero attached hydrogens (tertiary/aromatic N) is 5. The molecule has 134 valence electrons. The first-order chi connectivity index (χ1) is 11.8. The van der Waals surface area contributed by atoms with E-state index in [9.17, 15) is 18.0 Å². The van der Waals surface area contributed by atoms with Crippen molar-refractivity contribution in [3.05, 3.63) is 34.7 Å². The zero-order valence-corrected chi connectivity index (χ0v) is 13.6. The van der Waals surface area contributed by atoms with Gasteiger partial charge in [-0.2, -0.15) is 18.3 Å². The summed E-state index contributed by atoms with van der Waals surface area (Å²) in [6, 6.07) is 1.72. The molecule has 1 amide bonds. The first-order valence-electron chi connectivity index (χ1n) is 7.46. The number of halogens is 4. The number of amides is 1. The lowest BCUT2D eigenvalue weighted by atomic mass is 10.0. The Morgan fingerprint density at radius 2 is 2.12 bits per heavy atom. The van der Waals surface area contributed by atoms with Gasteiger partial charge in [0.05, 0.1) is 11.6 Å². The van der Waals surface area contributed by atoms with Crippen molar-refractivity contribution >= 4 is 23.3 Å². The first-order valence-corrected chi connectivity index (χ1v) is 7.84. The molecular formula is C14H14ClF3N6O. The Kier molecular flexibility index (Phi) is 4.55. The van der Waals surface area contributed by atoms with Crippen molar-refractivity contribution in [2.45, 2.75) is 25.1 Å². The minimum atomic E-state index is -4.49. The lowest BCUT2D eigenvalue weighted by molar-refractivity contribution is -0.145. The van der Waals surface area contributed by atoms with Gasteiger partial charge in [-0.05, 0) is 25.0 Å². The van der Waals surface area contributed by atoms with Crippen molar-refractivity contribution in [2.24, 2.45) is 5.73 Å². The van der Waals surface area contributed by atoms with Crippen LogP contribution in [0, 0.1) is 0 Å². The van der Waals surface area contributed by atoms with Gasteiger partial charge in [0, 0.05) is 19.3 Å². The van der Waals surface area contributed by atoms with Crippen LogP contribution in [0.1, 0.15) is 34.9 Å². The molecule has 11 heteroatoms. The Bertz CT molecular complexity index is 793. The predicted octanol–water partition coefficient (Wildman–Crippen LogP) is 2.29. The molecule has 25 heavy (non-hydrogen) atoms. The summed E-state index contributed by atoms with van der Waals surface area (Å²) < 4.78 is 40.3. The van der Waals surface area contributed by atoms with Crippen LogP contribution in [0.4, 0.5) is 19.0 Å². The van der Waals surface area contributed by atoms with Gasteiger partial charge in [-0.1, -0.05) is 11.6 Å². The summed E-state index contributed by atoms with van der Waals surface area (Å²) in [4.78, 5) is 13.3. The molecule has 0 spiro atoms. The van der Waals surface area contributed by atoms with Gasteiger partial charge in [0.2, 0.25) is 0 Å². The quantitative estimate of drug-likeness (QED) is 0.890. The Morgan fingerprint density at radius 3 is 2.80 bits per heavy atom. The molecule has 0 bridgehead atoms. The third kappa shape index (κ3) is 3.53. The molecule has 3 heterocycles. The fraction of sp³-hybridized carbons (Fsp3) is 0.429. The molecule has 0 aromatic carbocycles. The van der Waals surface area contributed by atoms with E-state index < -0.39 is 23.8 Å². The number of anilines is 1. The summed E-state index contributed by atoms with van der Waals surface area (Å²) in [7, 11) is 0. The molecule has 2 aromatic rings. The van der Waals surface area contributed by atoms with E-state index in [1.165, 1.54) is 6.07 Å². The monoisotopic (exact) mass is 374 g/mol. The lowest BCUT2D eigenvalue weighted by Gasteiger charge is -2.34. The highest BCUT2D eigenvalue weighted by molar-refractivity contribution is 6.29. The first kappa shape index (κ1) is 17.5. The Morgan fingerprint density at radius 1 is 1.36 bits per heavy atom. The van der Waals surface area contributed by atoms with Crippen LogP contribution in [-0.2, 0) is 6.18 Å². The van der Waals surface area contributed by atoms with Crippen LogP contribution >= 0.6 is 11.6 Å². The van der Waals surface area contributed by atoms with Crippen molar-refractivity contribution in [3.8, 4) is 0 Å². The molecule has 0 aliphatic carbocycles. The van der Waals surface area contributed by atoms with Gasteiger partial charge in [0.25, 0.3) is 5.91 Å². The lowest BCUT2D eigenvalue weighted by Crippen LogP contribution is -2.39. The van der Waals surface area contributed by atoms with E-state index in [1.54, 1.807) is 4.90 Å². The maximum absolute atomic E-state index is 13.1. The van der Waals surface area contributed by atoms with Crippen LogP contribution in [0.5, 0.6) is 0 Å². The fourth-order valence-corrected chi connectivity index (χ4v) is 3.10. The van der Waals surface area contributed by atoms with Crippen LogP contribution in [0.3, 0.4) is 0 Å². The molecule has 1 aliphatic rings. The minimum Gasteiger partial charge on any atom is -0.365 e. The number of hydrogen-bond acceptors (Lipinski definition) is 5. The molecule has 1 atom stereocenters. The van der Waals surface area contributed by atoms with Crippen LogP contribution in [0.15, 0.2) is 18.3 Å². The molecule has 1 fully saturated rings. The van der Waals surface area contributed by atoms with Gasteiger partial charge >= 0.3 is 6.18 Å². The molecule has 2 N–H and O–H groups in total. The van der Waals surface area contributed by atoms with E-state index in [-0.39, 0.29) is 23.1 Å². The highest BCUT2D eigenvalue weighted by atomic mass is 35.5. The number of nitrogens with two attached hydrogens (primary N) is 1. The molecule has 0 radical (unpaired) electrons. The largest absolute Gasteiger partial charge is 0.433 e. The van der Waals surface area contributed by atoms with E-state index in [0.29, 0.717) is 19.4 Å². The van der Waals surface area contributed by atoms with Gasteiger partial charge in [-0.15, -0.1) is 10.2 Å². The molecule has 1 aliphatic heterocycles. The molecule has 0 saturated carbocycles. The second kappa shape index (κ2) is 6.51. The smallest absolute Gasteiger partial charge is 0.365 e. The number of alkyl halides is 3. The van der Waals surface area contributed by atoms with Crippen molar-refractivity contribution in [2.75, 3.05) is 18.0 Å². The van der Waals surface area contributed by atoms with E-state index in [0.717, 1.165) is 16.9 Å². The van der Waals surface area contributed by atoms with Crippen molar-refractivity contribution < 1.29 is 18.0 Å². The number of hydrogen-bond donors (Lipinski definition) is 1. The fourth-order valence-electron chi connectivity index (χ4n) is 2.95. The van der Waals surface area contributed by atoms with Crippen molar-refractivity contribution in [1.82, 2.24) is 20.0 Å². The Labute approximate surface area is 145 Å². The van der Waals surface area contributed by atoms with E-state index in [1.807, 2.05) is 0 Å². The third-order valence-electron chi connectivity index (χ3n) is 4.01. The van der Waals surface area contributed by atoms with Gasteiger partial charge in [-0.3, -0.25) is 9.48 Å². The zero-order chi connectivity index (χ0) is 18.2. The average Bonchev–Trinajstić information content (AvgIpc) is 3.05. The van der Waals surface area contributed by atoms with Crippen LogP contribution in [-0.4, -0.2) is 39.0 Å². The molecule has 2 aromatic heterocycles. The second-order valence-electron chi connectivity index (χ2n) is 5.67. The Balaban J connectivity index is 1.91. The highest BCUT2D eigenvalue weighted by Gasteiger charge is 2.37. The number of rotatable bonds is 3. The van der Waals surface area contributed by atoms with Crippen molar-refractivity contribution in [1.29, 1.82) is 0 Å². The van der Waals surface area contributed by atoms with Crippen molar-refractivity contribution in [3.63, 3.8) is 0 Å². The summed E-state index contributed by atoms with van der Waals surface area (Å²) >= 11 is 5.74. The summed E-state index contributed by atoms with van der Waals surface area (Å²) in [6.45, 7) is 0.705. The molecular weight excluding hydrogens is 361 g/mol. The van der Waals surface area contributed by atoms with Gasteiger partial charge < -0.3 is 10.6 Å². The minimum absolute atomic E-state index is 0.0116. The number of aromatic nitrogens is 4.